The predicted octanol–water partition coefficient (Wildman–Crippen LogP) is 5.84. The molecule has 7 heteroatoms. The van der Waals surface area contributed by atoms with E-state index in [-0.39, 0.29) is 5.69 Å². The van der Waals surface area contributed by atoms with E-state index in [0.717, 1.165) is 11.1 Å². The molecule has 0 radical (unpaired) electrons. The summed E-state index contributed by atoms with van der Waals surface area (Å²) in [5, 5.41) is 12.4. The molecule has 0 amide bonds. The fourth-order valence-corrected chi connectivity index (χ4v) is 3.44. The van der Waals surface area contributed by atoms with Gasteiger partial charge in [-0.2, -0.15) is 0 Å². The fraction of sp³-hybridized carbons (Fsp3) is 0.0417. The SMILES string of the molecule is Cc1ccc(-c2cc(-c3nnn(-c4ccccc4F)c3-c3ccccc3)on2)c(F)c1. The molecule has 0 saturated heterocycles. The van der Waals surface area contributed by atoms with E-state index in [4.69, 9.17) is 4.52 Å². The molecular weight excluding hydrogens is 398 g/mol. The van der Waals surface area contributed by atoms with Gasteiger partial charge in [-0.15, -0.1) is 5.10 Å². The molecule has 0 unspecified atom stereocenters. The van der Waals surface area contributed by atoms with E-state index >= 15 is 0 Å². The molecule has 0 aliphatic rings. The molecule has 152 valence electrons. The number of benzene rings is 3. The van der Waals surface area contributed by atoms with Gasteiger partial charge in [0.05, 0.1) is 0 Å². The molecule has 3 aromatic carbocycles. The predicted molar refractivity (Wildman–Crippen MR) is 112 cm³/mol. The fourth-order valence-electron chi connectivity index (χ4n) is 3.44. The summed E-state index contributed by atoms with van der Waals surface area (Å²) in [7, 11) is 0. The van der Waals surface area contributed by atoms with Gasteiger partial charge < -0.3 is 4.52 Å². The van der Waals surface area contributed by atoms with Gasteiger partial charge in [0.1, 0.15) is 28.7 Å². The Bertz CT molecular complexity index is 1380. The smallest absolute Gasteiger partial charge is 0.190 e. The highest BCUT2D eigenvalue weighted by Crippen LogP contribution is 2.35. The molecule has 0 aliphatic carbocycles. The average molecular weight is 414 g/mol. The number of para-hydroxylation sites is 1. The van der Waals surface area contributed by atoms with Crippen molar-refractivity contribution < 1.29 is 13.3 Å². The van der Waals surface area contributed by atoms with Crippen LogP contribution in [0, 0.1) is 18.6 Å². The van der Waals surface area contributed by atoms with E-state index in [0.29, 0.717) is 28.4 Å². The topological polar surface area (TPSA) is 56.7 Å². The lowest BCUT2D eigenvalue weighted by molar-refractivity contribution is 0.433. The van der Waals surface area contributed by atoms with Gasteiger partial charge in [-0.05, 0) is 36.8 Å². The normalized spacial score (nSPS) is 11.1. The summed E-state index contributed by atoms with van der Waals surface area (Å²) in [4.78, 5) is 0. The minimum Gasteiger partial charge on any atom is -0.354 e. The third kappa shape index (κ3) is 3.40. The Labute approximate surface area is 176 Å². The first-order valence-corrected chi connectivity index (χ1v) is 9.61. The molecule has 0 fully saturated rings. The number of nitrogens with zero attached hydrogens (tertiary/aromatic N) is 4. The van der Waals surface area contributed by atoms with Crippen LogP contribution >= 0.6 is 0 Å². The molecule has 0 aliphatic heterocycles. The zero-order valence-corrected chi connectivity index (χ0v) is 16.5. The van der Waals surface area contributed by atoms with Gasteiger partial charge in [0.25, 0.3) is 0 Å². The Hall–Kier alpha value is -4.13. The zero-order valence-electron chi connectivity index (χ0n) is 16.5. The Balaban J connectivity index is 1.67. The second kappa shape index (κ2) is 7.60. The van der Waals surface area contributed by atoms with E-state index < -0.39 is 11.6 Å². The third-order valence-electron chi connectivity index (χ3n) is 4.94. The Morgan fingerprint density at radius 2 is 1.61 bits per heavy atom. The molecule has 0 N–H and O–H groups in total. The molecule has 5 nitrogen and oxygen atoms in total. The molecule has 31 heavy (non-hydrogen) atoms. The average Bonchev–Trinajstić information content (AvgIpc) is 3.42. The van der Waals surface area contributed by atoms with E-state index in [1.165, 1.54) is 16.8 Å². The number of aromatic nitrogens is 4. The summed E-state index contributed by atoms with van der Waals surface area (Å²) in [6, 6.07) is 22.2. The van der Waals surface area contributed by atoms with Crippen LogP contribution in [0.1, 0.15) is 5.56 Å². The number of halogens is 2. The number of hydrogen-bond donors (Lipinski definition) is 0. The van der Waals surface area contributed by atoms with Crippen molar-refractivity contribution in [3.63, 3.8) is 0 Å². The van der Waals surface area contributed by atoms with Crippen LogP contribution in [0.4, 0.5) is 8.78 Å². The maximum atomic E-state index is 14.5. The van der Waals surface area contributed by atoms with Crippen LogP contribution in [0.25, 0.3) is 39.7 Å². The van der Waals surface area contributed by atoms with Gasteiger partial charge >= 0.3 is 0 Å². The quantitative estimate of drug-likeness (QED) is 0.371. The first kappa shape index (κ1) is 18.9. The van der Waals surface area contributed by atoms with Crippen LogP contribution in [-0.4, -0.2) is 20.2 Å². The number of rotatable bonds is 4. The van der Waals surface area contributed by atoms with Crippen molar-refractivity contribution in [3.8, 4) is 39.7 Å². The third-order valence-corrected chi connectivity index (χ3v) is 4.94. The Morgan fingerprint density at radius 1 is 0.839 bits per heavy atom. The summed E-state index contributed by atoms with van der Waals surface area (Å²) >= 11 is 0. The highest BCUT2D eigenvalue weighted by atomic mass is 19.1. The van der Waals surface area contributed by atoms with Crippen LogP contribution < -0.4 is 0 Å². The van der Waals surface area contributed by atoms with Crippen molar-refractivity contribution in [2.24, 2.45) is 0 Å². The standard InChI is InChI=1S/C24H16F2N4O/c1-15-11-12-17(19(26)13-15)20-14-22(31-28-20)23-24(16-7-3-2-4-8-16)30(29-27-23)21-10-6-5-9-18(21)25/h2-14H,1H3. The van der Waals surface area contributed by atoms with Gasteiger partial charge in [-0.3, -0.25) is 0 Å². The van der Waals surface area contributed by atoms with Crippen LogP contribution in [0.15, 0.2) is 83.4 Å². The zero-order chi connectivity index (χ0) is 21.4. The lowest BCUT2D eigenvalue weighted by Gasteiger charge is -2.08. The van der Waals surface area contributed by atoms with Gasteiger partial charge in [-0.25, -0.2) is 13.5 Å². The van der Waals surface area contributed by atoms with Crippen LogP contribution in [0.2, 0.25) is 0 Å². The first-order chi connectivity index (χ1) is 15.1. The van der Waals surface area contributed by atoms with Crippen molar-refractivity contribution in [1.29, 1.82) is 0 Å². The minimum atomic E-state index is -0.434. The molecular formula is C24H16F2N4O. The largest absolute Gasteiger partial charge is 0.354 e. The first-order valence-electron chi connectivity index (χ1n) is 9.61. The monoisotopic (exact) mass is 414 g/mol. The number of aryl methyl sites for hydroxylation is 1. The maximum Gasteiger partial charge on any atom is 0.190 e. The van der Waals surface area contributed by atoms with E-state index in [1.54, 1.807) is 36.4 Å². The van der Waals surface area contributed by atoms with Crippen molar-refractivity contribution in [2.45, 2.75) is 6.92 Å². The van der Waals surface area contributed by atoms with Gasteiger partial charge in [0.15, 0.2) is 11.5 Å². The minimum absolute atomic E-state index is 0.254. The van der Waals surface area contributed by atoms with E-state index in [2.05, 4.69) is 15.5 Å². The lowest BCUT2D eigenvalue weighted by atomic mass is 10.1. The second-order valence-corrected chi connectivity index (χ2v) is 7.08. The van der Waals surface area contributed by atoms with Crippen LogP contribution in [0.5, 0.6) is 0 Å². The second-order valence-electron chi connectivity index (χ2n) is 7.08. The van der Waals surface area contributed by atoms with Gasteiger partial charge in [0, 0.05) is 17.2 Å². The molecule has 2 aromatic heterocycles. The van der Waals surface area contributed by atoms with Crippen molar-refractivity contribution in [3.05, 3.63) is 96.1 Å². The Kier molecular flexibility index (Phi) is 4.63. The van der Waals surface area contributed by atoms with Crippen molar-refractivity contribution in [1.82, 2.24) is 20.2 Å². The highest BCUT2D eigenvalue weighted by Gasteiger charge is 2.23. The van der Waals surface area contributed by atoms with Gasteiger partial charge in [-0.1, -0.05) is 58.9 Å². The highest BCUT2D eigenvalue weighted by molar-refractivity contribution is 5.78. The molecule has 0 saturated carbocycles. The molecule has 2 heterocycles. The van der Waals surface area contributed by atoms with Crippen LogP contribution in [0.3, 0.4) is 0 Å². The summed E-state index contributed by atoms with van der Waals surface area (Å²) in [5.74, 6) is -0.523. The maximum absolute atomic E-state index is 14.5. The molecule has 5 aromatic rings. The summed E-state index contributed by atoms with van der Waals surface area (Å²) in [6.07, 6.45) is 0. The molecule has 0 bridgehead atoms. The van der Waals surface area contributed by atoms with Gasteiger partial charge in [0.2, 0.25) is 0 Å². The lowest BCUT2D eigenvalue weighted by Crippen LogP contribution is -2.02. The summed E-state index contributed by atoms with van der Waals surface area (Å²) in [6.45, 7) is 1.81. The van der Waals surface area contributed by atoms with Crippen LogP contribution in [-0.2, 0) is 0 Å². The molecule has 0 spiro atoms. The molecule has 5 rings (SSSR count). The van der Waals surface area contributed by atoms with E-state index in [9.17, 15) is 8.78 Å². The Morgan fingerprint density at radius 3 is 2.39 bits per heavy atom. The van der Waals surface area contributed by atoms with Crippen molar-refractivity contribution in [2.75, 3.05) is 0 Å². The van der Waals surface area contributed by atoms with E-state index in [1.807, 2.05) is 37.3 Å². The summed E-state index contributed by atoms with van der Waals surface area (Å²) in [5.41, 5.74) is 3.41. The molecule has 0 atom stereocenters. The van der Waals surface area contributed by atoms with Crippen molar-refractivity contribution >= 4 is 0 Å². The summed E-state index contributed by atoms with van der Waals surface area (Å²) < 4.78 is 35.9. The number of hydrogen-bond acceptors (Lipinski definition) is 4.